The van der Waals surface area contributed by atoms with Crippen molar-refractivity contribution in [3.63, 3.8) is 0 Å². The van der Waals surface area contributed by atoms with Gasteiger partial charge in [-0.05, 0) is 48.9 Å². The Morgan fingerprint density at radius 3 is 2.68 bits per heavy atom. The fraction of sp³-hybridized carbons (Fsp3) is 0.600. The van der Waals surface area contributed by atoms with Crippen LogP contribution in [-0.4, -0.2) is 37.5 Å². The van der Waals surface area contributed by atoms with E-state index in [-0.39, 0.29) is 5.91 Å². The van der Waals surface area contributed by atoms with Crippen LogP contribution in [0.25, 0.3) is 0 Å². The monoisotopic (exact) mass is 426 g/mol. The molecule has 0 saturated heterocycles. The van der Waals surface area contributed by atoms with E-state index in [2.05, 4.69) is 42.5 Å². The molecule has 1 amide bonds. The second-order valence-electron chi connectivity index (χ2n) is 6.61. The molecule has 0 fully saturated rings. The number of ether oxygens (including phenoxy) is 1. The van der Waals surface area contributed by atoms with E-state index in [1.807, 2.05) is 18.2 Å². The van der Waals surface area contributed by atoms with Crippen molar-refractivity contribution >= 4 is 37.0 Å². The normalized spacial score (nSPS) is 12.6. The lowest BCUT2D eigenvalue weighted by atomic mass is 10.1. The first-order chi connectivity index (χ1) is 13.5. The fourth-order valence-corrected chi connectivity index (χ4v) is 3.24. The second-order valence-corrected chi connectivity index (χ2v) is 7.24. The first-order valence-electron chi connectivity index (χ1n) is 9.80. The molecule has 1 atom stereocenters. The molecule has 1 aromatic rings. The van der Waals surface area contributed by atoms with Crippen molar-refractivity contribution in [2.45, 2.75) is 56.6 Å². The Bertz CT molecular complexity index is 626. The number of nitrogens with zero attached hydrogens (tertiary/aromatic N) is 1. The van der Waals surface area contributed by atoms with Gasteiger partial charge in [-0.2, -0.15) is 25.3 Å². The highest BCUT2D eigenvalue weighted by atomic mass is 32.1. The van der Waals surface area contributed by atoms with Crippen LogP contribution in [0.5, 0.6) is 5.75 Å². The van der Waals surface area contributed by atoms with Crippen LogP contribution in [0, 0.1) is 0 Å². The zero-order valence-corrected chi connectivity index (χ0v) is 18.5. The minimum Gasteiger partial charge on any atom is -0.492 e. The third-order valence-electron chi connectivity index (χ3n) is 4.27. The Labute approximate surface area is 179 Å². The Balaban J connectivity index is 2.21. The molecule has 0 heterocycles. The molecule has 0 spiro atoms. The highest BCUT2D eigenvalue weighted by molar-refractivity contribution is 7.79. The largest absolute Gasteiger partial charge is 0.492 e. The van der Waals surface area contributed by atoms with Gasteiger partial charge in [0.25, 0.3) is 0 Å². The van der Waals surface area contributed by atoms with Gasteiger partial charge in [0.1, 0.15) is 12.4 Å². The lowest BCUT2D eigenvalue weighted by Gasteiger charge is -2.13. The molecule has 8 heteroatoms. The predicted molar refractivity (Wildman–Crippen MR) is 124 cm³/mol. The number of amidine groups is 1. The number of carbonyl (C=O) groups excluding carboxylic acids is 1. The van der Waals surface area contributed by atoms with Crippen LogP contribution in [0.4, 0.5) is 0 Å². The van der Waals surface area contributed by atoms with Crippen molar-refractivity contribution in [3.05, 3.63) is 29.3 Å². The summed E-state index contributed by atoms with van der Waals surface area (Å²) in [4.78, 5) is 16.3. The standard InChI is InChI=1S/C20H34N4O2S2/c1-2-5-19(22)23-9-4-3-6-18(21)20(25)24-10-11-26-17-8-7-15(13-27)16(12-17)14-28/h7-8,12,18,27-28H,2-6,9-11,13-14,21H2,1H3,(H2,22,23)(H,24,25). The van der Waals surface area contributed by atoms with Gasteiger partial charge in [-0.15, -0.1) is 0 Å². The summed E-state index contributed by atoms with van der Waals surface area (Å²) in [7, 11) is 0. The van der Waals surface area contributed by atoms with Crippen LogP contribution < -0.4 is 21.5 Å². The third kappa shape index (κ3) is 9.71. The van der Waals surface area contributed by atoms with Crippen molar-refractivity contribution in [2.24, 2.45) is 16.5 Å². The maximum atomic E-state index is 12.0. The average Bonchev–Trinajstić information content (AvgIpc) is 2.70. The Kier molecular flexibility index (Phi) is 12.9. The molecule has 158 valence electrons. The molecule has 5 N–H and O–H groups in total. The molecule has 28 heavy (non-hydrogen) atoms. The number of nitrogens with two attached hydrogens (primary N) is 2. The Hall–Kier alpha value is -1.38. The first kappa shape index (κ1) is 24.7. The zero-order chi connectivity index (χ0) is 20.8. The smallest absolute Gasteiger partial charge is 0.237 e. The maximum Gasteiger partial charge on any atom is 0.237 e. The van der Waals surface area contributed by atoms with Crippen molar-refractivity contribution in [2.75, 3.05) is 19.7 Å². The van der Waals surface area contributed by atoms with Gasteiger partial charge in [-0.25, -0.2) is 0 Å². The minimum absolute atomic E-state index is 0.154. The molecule has 1 rings (SSSR count). The number of hydrogen-bond acceptors (Lipinski definition) is 6. The number of carbonyl (C=O) groups is 1. The molecule has 1 aromatic carbocycles. The number of thiol groups is 2. The molecule has 0 bridgehead atoms. The summed E-state index contributed by atoms with van der Waals surface area (Å²) < 4.78 is 5.69. The molecule has 0 aliphatic heterocycles. The summed E-state index contributed by atoms with van der Waals surface area (Å²) in [5.74, 6) is 2.61. The lowest BCUT2D eigenvalue weighted by Crippen LogP contribution is -2.42. The van der Waals surface area contributed by atoms with Gasteiger partial charge in [0.2, 0.25) is 5.91 Å². The summed E-state index contributed by atoms with van der Waals surface area (Å²) in [5.41, 5.74) is 13.9. The van der Waals surface area contributed by atoms with Crippen molar-refractivity contribution < 1.29 is 9.53 Å². The predicted octanol–water partition coefficient (Wildman–Crippen LogP) is 2.70. The van der Waals surface area contributed by atoms with Crippen molar-refractivity contribution in [1.82, 2.24) is 5.32 Å². The molecular formula is C20H34N4O2S2. The topological polar surface area (TPSA) is 103 Å². The quantitative estimate of drug-likeness (QED) is 0.137. The molecule has 0 radical (unpaired) electrons. The molecule has 1 unspecified atom stereocenters. The molecule has 0 saturated carbocycles. The highest BCUT2D eigenvalue weighted by Gasteiger charge is 2.12. The fourth-order valence-electron chi connectivity index (χ4n) is 2.63. The highest BCUT2D eigenvalue weighted by Crippen LogP contribution is 2.20. The second kappa shape index (κ2) is 14.6. The van der Waals surface area contributed by atoms with Gasteiger partial charge in [-0.3, -0.25) is 9.79 Å². The zero-order valence-electron chi connectivity index (χ0n) is 16.7. The Morgan fingerprint density at radius 1 is 1.25 bits per heavy atom. The van der Waals surface area contributed by atoms with E-state index in [9.17, 15) is 4.79 Å². The van der Waals surface area contributed by atoms with E-state index in [4.69, 9.17) is 16.2 Å². The van der Waals surface area contributed by atoms with Gasteiger partial charge in [0, 0.05) is 24.5 Å². The summed E-state index contributed by atoms with van der Waals surface area (Å²) in [6, 6.07) is 5.34. The lowest BCUT2D eigenvalue weighted by molar-refractivity contribution is -0.122. The van der Waals surface area contributed by atoms with Crippen LogP contribution in [-0.2, 0) is 16.3 Å². The van der Waals surface area contributed by atoms with E-state index in [1.165, 1.54) is 0 Å². The van der Waals surface area contributed by atoms with E-state index >= 15 is 0 Å². The van der Waals surface area contributed by atoms with Gasteiger partial charge in [0.15, 0.2) is 0 Å². The minimum atomic E-state index is -0.512. The number of hydrogen-bond donors (Lipinski definition) is 5. The number of benzene rings is 1. The van der Waals surface area contributed by atoms with Crippen LogP contribution >= 0.6 is 25.3 Å². The van der Waals surface area contributed by atoms with Crippen LogP contribution in [0.15, 0.2) is 23.2 Å². The van der Waals surface area contributed by atoms with Crippen molar-refractivity contribution in [1.29, 1.82) is 0 Å². The number of aliphatic imine (C=N–C) groups is 1. The molecule has 0 aromatic heterocycles. The molecule has 0 aliphatic rings. The molecule has 0 aliphatic carbocycles. The van der Waals surface area contributed by atoms with Crippen molar-refractivity contribution in [3.8, 4) is 5.75 Å². The number of amides is 1. The van der Waals surface area contributed by atoms with Crippen LogP contribution in [0.1, 0.15) is 50.2 Å². The van der Waals surface area contributed by atoms with Gasteiger partial charge in [-0.1, -0.05) is 13.0 Å². The first-order valence-corrected chi connectivity index (χ1v) is 11.1. The van der Waals surface area contributed by atoms with E-state index in [0.29, 0.717) is 43.5 Å². The van der Waals surface area contributed by atoms with Crippen LogP contribution in [0.3, 0.4) is 0 Å². The number of nitrogens with one attached hydrogen (secondary N) is 1. The van der Waals surface area contributed by atoms with E-state index < -0.39 is 6.04 Å². The van der Waals surface area contributed by atoms with Gasteiger partial charge >= 0.3 is 0 Å². The van der Waals surface area contributed by atoms with Gasteiger partial charge in [0.05, 0.1) is 18.4 Å². The maximum absolute atomic E-state index is 12.0. The number of unbranched alkanes of at least 4 members (excludes halogenated alkanes) is 1. The van der Waals surface area contributed by atoms with Crippen LogP contribution in [0.2, 0.25) is 0 Å². The summed E-state index contributed by atoms with van der Waals surface area (Å²) >= 11 is 8.63. The van der Waals surface area contributed by atoms with E-state index in [0.717, 1.165) is 42.6 Å². The summed E-state index contributed by atoms with van der Waals surface area (Å²) in [6.45, 7) is 3.56. The van der Waals surface area contributed by atoms with E-state index in [1.54, 1.807) is 0 Å². The molecule has 6 nitrogen and oxygen atoms in total. The number of rotatable bonds is 14. The van der Waals surface area contributed by atoms with Gasteiger partial charge < -0.3 is 21.5 Å². The summed E-state index contributed by atoms with van der Waals surface area (Å²) in [6.07, 6.45) is 4.19. The summed E-state index contributed by atoms with van der Waals surface area (Å²) in [5, 5.41) is 2.82. The third-order valence-corrected chi connectivity index (χ3v) is 4.95. The molecular weight excluding hydrogens is 392 g/mol. The Morgan fingerprint density at radius 2 is 2.00 bits per heavy atom. The SMILES string of the molecule is CCCC(N)=NCCCCC(N)C(=O)NCCOc1ccc(CS)c(CS)c1. The average molecular weight is 427 g/mol.